The number of hydrogen-bond acceptors (Lipinski definition) is 4. The monoisotopic (exact) mass is 286 g/mol. The average molecular weight is 286 g/mol. The number of aromatic nitrogens is 1. The van der Waals surface area contributed by atoms with Gasteiger partial charge in [0.25, 0.3) is 10.2 Å². The Morgan fingerprint density at radius 1 is 1.21 bits per heavy atom. The van der Waals surface area contributed by atoms with Gasteiger partial charge in [-0.3, -0.25) is 4.98 Å². The van der Waals surface area contributed by atoms with Gasteiger partial charge in [-0.15, -0.1) is 0 Å². The lowest BCUT2D eigenvalue weighted by Crippen LogP contribution is -2.38. The molecule has 6 nitrogen and oxygen atoms in total. The van der Waals surface area contributed by atoms with Crippen LogP contribution in [0, 0.1) is 0 Å². The molecular weight excluding hydrogens is 264 g/mol. The van der Waals surface area contributed by atoms with E-state index in [9.17, 15) is 8.42 Å². The van der Waals surface area contributed by atoms with Crippen molar-refractivity contribution < 1.29 is 8.42 Å². The Balaban J connectivity index is 2.05. The van der Waals surface area contributed by atoms with E-state index in [1.54, 1.807) is 6.20 Å². The summed E-state index contributed by atoms with van der Waals surface area (Å²) in [7, 11) is -3.32. The van der Waals surface area contributed by atoms with Crippen LogP contribution >= 0.6 is 0 Å². The molecule has 1 heterocycles. The zero-order chi connectivity index (χ0) is 14.0. The molecule has 0 atom stereocenters. The summed E-state index contributed by atoms with van der Waals surface area (Å²) in [5, 5.41) is 3.24. The molecule has 19 heavy (non-hydrogen) atoms. The highest BCUT2D eigenvalue weighted by Gasteiger charge is 2.05. The van der Waals surface area contributed by atoms with Gasteiger partial charge in [0.2, 0.25) is 0 Å². The third-order valence-electron chi connectivity index (χ3n) is 2.42. The van der Waals surface area contributed by atoms with Gasteiger partial charge in [-0.2, -0.15) is 8.42 Å². The smallest absolute Gasteiger partial charge is 0.276 e. The molecule has 0 unspecified atom stereocenters. The molecule has 0 aliphatic heterocycles. The van der Waals surface area contributed by atoms with Crippen LogP contribution in [0.4, 0.5) is 0 Å². The van der Waals surface area contributed by atoms with Gasteiger partial charge in [0, 0.05) is 32.0 Å². The SMILES string of the molecule is CCCNS(=O)(=O)NCCCNCc1cccnc1. The Morgan fingerprint density at radius 3 is 2.68 bits per heavy atom. The van der Waals surface area contributed by atoms with Gasteiger partial charge in [0.05, 0.1) is 0 Å². The largest absolute Gasteiger partial charge is 0.313 e. The van der Waals surface area contributed by atoms with Gasteiger partial charge in [-0.05, 0) is 31.0 Å². The summed E-state index contributed by atoms with van der Waals surface area (Å²) in [5.41, 5.74) is 1.12. The van der Waals surface area contributed by atoms with Crippen LogP contribution in [-0.2, 0) is 16.8 Å². The molecule has 0 bridgehead atoms. The molecule has 0 radical (unpaired) electrons. The molecule has 108 valence electrons. The van der Waals surface area contributed by atoms with E-state index in [1.165, 1.54) is 0 Å². The van der Waals surface area contributed by atoms with Gasteiger partial charge in [0.1, 0.15) is 0 Å². The molecule has 0 aliphatic rings. The second-order valence-electron chi connectivity index (χ2n) is 4.18. The molecular formula is C12H22N4O2S. The van der Waals surface area contributed by atoms with Crippen LogP contribution in [-0.4, -0.2) is 33.0 Å². The van der Waals surface area contributed by atoms with E-state index in [0.29, 0.717) is 13.1 Å². The van der Waals surface area contributed by atoms with E-state index >= 15 is 0 Å². The Morgan fingerprint density at radius 2 is 2.00 bits per heavy atom. The van der Waals surface area contributed by atoms with Crippen molar-refractivity contribution in [3.63, 3.8) is 0 Å². The maximum Gasteiger partial charge on any atom is 0.276 e. The summed E-state index contributed by atoms with van der Waals surface area (Å²) in [6.07, 6.45) is 5.08. The Bertz CT molecular complexity index is 436. The lowest BCUT2D eigenvalue weighted by molar-refractivity contribution is 0.559. The topological polar surface area (TPSA) is 83.1 Å². The minimum atomic E-state index is -3.32. The van der Waals surface area contributed by atoms with Gasteiger partial charge in [-0.1, -0.05) is 13.0 Å². The second kappa shape index (κ2) is 8.98. The van der Waals surface area contributed by atoms with E-state index in [2.05, 4.69) is 19.7 Å². The summed E-state index contributed by atoms with van der Waals surface area (Å²) in [4.78, 5) is 4.02. The maximum absolute atomic E-state index is 11.4. The van der Waals surface area contributed by atoms with E-state index in [0.717, 1.165) is 31.5 Å². The zero-order valence-corrected chi connectivity index (χ0v) is 12.0. The number of nitrogens with zero attached hydrogens (tertiary/aromatic N) is 1. The Hall–Kier alpha value is -1.02. The van der Waals surface area contributed by atoms with Crippen molar-refractivity contribution in [3.05, 3.63) is 30.1 Å². The summed E-state index contributed by atoms with van der Waals surface area (Å²) in [6, 6.07) is 3.89. The standard InChI is InChI=1S/C12H22N4O2S/c1-2-6-15-19(17,18)16-9-4-8-14-11-12-5-3-7-13-10-12/h3,5,7,10,14-16H,2,4,6,8-9,11H2,1H3. The van der Waals surface area contributed by atoms with E-state index < -0.39 is 10.2 Å². The van der Waals surface area contributed by atoms with Crippen LogP contribution in [0.15, 0.2) is 24.5 Å². The molecule has 0 fully saturated rings. The quantitative estimate of drug-likeness (QED) is 0.544. The zero-order valence-electron chi connectivity index (χ0n) is 11.2. The number of hydrogen-bond donors (Lipinski definition) is 3. The number of rotatable bonds is 10. The van der Waals surface area contributed by atoms with Crippen molar-refractivity contribution in [2.24, 2.45) is 0 Å². The van der Waals surface area contributed by atoms with Gasteiger partial charge in [-0.25, -0.2) is 9.44 Å². The fraction of sp³-hybridized carbons (Fsp3) is 0.583. The van der Waals surface area contributed by atoms with Crippen LogP contribution in [0.2, 0.25) is 0 Å². The van der Waals surface area contributed by atoms with Crippen molar-refractivity contribution in [3.8, 4) is 0 Å². The first-order valence-corrected chi connectivity index (χ1v) is 7.96. The Kier molecular flexibility index (Phi) is 7.57. The molecule has 0 saturated heterocycles. The van der Waals surface area contributed by atoms with Gasteiger partial charge in [0.15, 0.2) is 0 Å². The van der Waals surface area contributed by atoms with Crippen molar-refractivity contribution in [2.45, 2.75) is 26.3 Å². The first-order chi connectivity index (χ1) is 9.14. The predicted octanol–water partition coefficient (Wildman–Crippen LogP) is 0.395. The highest BCUT2D eigenvalue weighted by molar-refractivity contribution is 7.87. The number of nitrogens with one attached hydrogen (secondary N) is 3. The van der Waals surface area contributed by atoms with E-state index in [4.69, 9.17) is 0 Å². The molecule has 0 aliphatic carbocycles. The first kappa shape index (κ1) is 16.0. The third-order valence-corrected chi connectivity index (χ3v) is 3.58. The third kappa shape index (κ3) is 7.89. The molecule has 1 rings (SSSR count). The Labute approximate surface area is 115 Å². The number of pyridine rings is 1. The van der Waals surface area contributed by atoms with Crippen molar-refractivity contribution >= 4 is 10.2 Å². The normalized spacial score (nSPS) is 11.6. The van der Waals surface area contributed by atoms with Crippen LogP contribution in [0.1, 0.15) is 25.3 Å². The summed E-state index contributed by atoms with van der Waals surface area (Å²) in [5.74, 6) is 0. The minimum Gasteiger partial charge on any atom is -0.313 e. The first-order valence-electron chi connectivity index (χ1n) is 6.48. The molecule has 1 aromatic rings. The van der Waals surface area contributed by atoms with Crippen molar-refractivity contribution in [2.75, 3.05) is 19.6 Å². The summed E-state index contributed by atoms with van der Waals surface area (Å²) < 4.78 is 27.7. The van der Waals surface area contributed by atoms with Gasteiger partial charge >= 0.3 is 0 Å². The highest BCUT2D eigenvalue weighted by Crippen LogP contribution is 1.93. The molecule has 0 amide bonds. The molecule has 1 aromatic heterocycles. The average Bonchev–Trinajstić information content (AvgIpc) is 2.42. The molecule has 0 saturated carbocycles. The predicted molar refractivity (Wildman–Crippen MR) is 75.8 cm³/mol. The van der Waals surface area contributed by atoms with Gasteiger partial charge < -0.3 is 5.32 Å². The molecule has 0 spiro atoms. The maximum atomic E-state index is 11.4. The summed E-state index contributed by atoms with van der Waals surface area (Å²) >= 11 is 0. The van der Waals surface area contributed by atoms with Crippen molar-refractivity contribution in [1.29, 1.82) is 0 Å². The fourth-order valence-electron chi connectivity index (χ4n) is 1.44. The van der Waals surface area contributed by atoms with Crippen LogP contribution in [0.3, 0.4) is 0 Å². The van der Waals surface area contributed by atoms with Crippen molar-refractivity contribution in [1.82, 2.24) is 19.7 Å². The van der Waals surface area contributed by atoms with E-state index in [1.807, 2.05) is 25.3 Å². The lowest BCUT2D eigenvalue weighted by Gasteiger charge is -2.08. The van der Waals surface area contributed by atoms with E-state index in [-0.39, 0.29) is 0 Å². The van der Waals surface area contributed by atoms with Crippen LogP contribution < -0.4 is 14.8 Å². The minimum absolute atomic E-state index is 0.430. The summed E-state index contributed by atoms with van der Waals surface area (Å²) in [6.45, 7) is 4.32. The molecule has 0 aromatic carbocycles. The fourth-order valence-corrected chi connectivity index (χ4v) is 2.43. The van der Waals surface area contributed by atoms with Crippen LogP contribution in [0.5, 0.6) is 0 Å². The lowest BCUT2D eigenvalue weighted by atomic mass is 10.3. The van der Waals surface area contributed by atoms with Crippen LogP contribution in [0.25, 0.3) is 0 Å². The second-order valence-corrected chi connectivity index (χ2v) is 5.77. The highest BCUT2D eigenvalue weighted by atomic mass is 32.2. The molecule has 7 heteroatoms. The molecule has 3 N–H and O–H groups in total.